The highest BCUT2D eigenvalue weighted by Crippen LogP contribution is 2.56. The van der Waals surface area contributed by atoms with Crippen LogP contribution in [0, 0.1) is 0 Å². The minimum atomic E-state index is 0.932. The molecule has 0 aromatic heterocycles. The molecule has 0 atom stereocenters. The van der Waals surface area contributed by atoms with Gasteiger partial charge in [0.05, 0.1) is 17.1 Å². The van der Waals surface area contributed by atoms with Gasteiger partial charge in [0, 0.05) is 38.4 Å². The van der Waals surface area contributed by atoms with Gasteiger partial charge in [-0.3, -0.25) is 0 Å². The van der Waals surface area contributed by atoms with Crippen molar-refractivity contribution in [2.24, 2.45) is 0 Å². The largest absolute Gasteiger partial charge is 0.313 e. The fraction of sp³-hybridized carbons (Fsp3) is 0.0513. The lowest BCUT2D eigenvalue weighted by Gasteiger charge is -2.31. The fourth-order valence-electron chi connectivity index (χ4n) is 14.7. The number of hydrogen-bond acceptors (Lipinski definition) is 2. The summed E-state index contributed by atoms with van der Waals surface area (Å²) in [7, 11) is 0. The first kappa shape index (κ1) is 45.0. The number of anilines is 5. The summed E-state index contributed by atoms with van der Waals surface area (Å²) in [6.45, 7) is 4.00. The molecule has 5 aliphatic carbocycles. The van der Waals surface area contributed by atoms with E-state index >= 15 is 0 Å². The maximum atomic E-state index is 2.60. The first-order valence-electron chi connectivity index (χ1n) is 28.5. The van der Waals surface area contributed by atoms with Crippen molar-refractivity contribution in [3.05, 3.63) is 271 Å². The van der Waals surface area contributed by atoms with Gasteiger partial charge in [0.15, 0.2) is 0 Å². The molecule has 80 heavy (non-hydrogen) atoms. The summed E-state index contributed by atoms with van der Waals surface area (Å²) in [6.07, 6.45) is 1.92. The second-order valence-corrected chi connectivity index (χ2v) is 21.7. The molecule has 0 aliphatic heterocycles. The van der Waals surface area contributed by atoms with E-state index in [1.165, 1.54) is 166 Å². The maximum Gasteiger partial charge on any atom is 0.0540 e. The molecule has 0 radical (unpaired) electrons. The van der Waals surface area contributed by atoms with Crippen molar-refractivity contribution in [3.63, 3.8) is 0 Å². The number of rotatable bonds is 7. The summed E-state index contributed by atoms with van der Waals surface area (Å²) in [5, 5.41) is 10.5. The summed E-state index contributed by atoms with van der Waals surface area (Å²) < 4.78 is 0. The molecule has 5 aliphatic rings. The third-order valence-corrected chi connectivity index (χ3v) is 18.0. The van der Waals surface area contributed by atoms with Crippen LogP contribution >= 0.6 is 0 Å². The van der Waals surface area contributed by atoms with Crippen LogP contribution in [-0.4, -0.2) is 0 Å². The molecule has 2 heteroatoms. The molecule has 0 saturated carbocycles. The minimum absolute atomic E-state index is 0.932. The van der Waals surface area contributed by atoms with Crippen LogP contribution in [0.4, 0.5) is 28.4 Å². The molecule has 0 fully saturated rings. The summed E-state index contributed by atoms with van der Waals surface area (Å²) in [5.41, 5.74) is 30.8. The molecule has 2 nitrogen and oxygen atoms in total. The zero-order chi connectivity index (χ0) is 52.7. The Bertz CT molecular complexity index is 4740. The van der Waals surface area contributed by atoms with Crippen LogP contribution in [0.5, 0.6) is 0 Å². The lowest BCUT2D eigenvalue weighted by molar-refractivity contribution is 1.01. The molecular formula is C78H52N2. The zero-order valence-corrected chi connectivity index (χ0v) is 44.6. The van der Waals surface area contributed by atoms with Gasteiger partial charge in [-0.2, -0.15) is 0 Å². The highest BCUT2D eigenvalue weighted by Gasteiger charge is 2.31. The Labute approximate surface area is 465 Å². The molecule has 374 valence electrons. The predicted octanol–water partition coefficient (Wildman–Crippen LogP) is 20.2. The van der Waals surface area contributed by atoms with E-state index in [1.54, 1.807) is 0 Å². The van der Waals surface area contributed by atoms with E-state index in [1.807, 2.05) is 13.8 Å². The van der Waals surface area contributed by atoms with Gasteiger partial charge in [0.2, 0.25) is 0 Å². The molecule has 13 aromatic rings. The smallest absolute Gasteiger partial charge is 0.0540 e. The Morgan fingerprint density at radius 3 is 1.00 bits per heavy atom. The number of nitrogens with zero attached hydrogens (tertiary/aromatic N) is 2. The van der Waals surface area contributed by atoms with Crippen LogP contribution in [0.15, 0.2) is 255 Å². The maximum absolute atomic E-state index is 2.60. The van der Waals surface area contributed by atoms with Gasteiger partial charge in [-0.05, 0) is 177 Å². The van der Waals surface area contributed by atoms with E-state index < -0.39 is 0 Å². The van der Waals surface area contributed by atoms with E-state index in [9.17, 15) is 0 Å². The molecule has 0 amide bonds. The first-order chi connectivity index (χ1) is 39.7. The molecule has 0 unspecified atom stereocenters. The van der Waals surface area contributed by atoms with Gasteiger partial charge in [0.25, 0.3) is 0 Å². The lowest BCUT2D eigenvalue weighted by Crippen LogP contribution is -2.37. The van der Waals surface area contributed by atoms with Gasteiger partial charge in [-0.15, -0.1) is 0 Å². The van der Waals surface area contributed by atoms with Crippen molar-refractivity contribution in [2.45, 2.75) is 26.7 Å². The summed E-state index contributed by atoms with van der Waals surface area (Å²) in [4.78, 5) is 5.11. The van der Waals surface area contributed by atoms with Crippen LogP contribution in [0.3, 0.4) is 0 Å². The highest BCUT2D eigenvalue weighted by atomic mass is 15.2. The van der Waals surface area contributed by atoms with Crippen LogP contribution in [-0.2, 0) is 0 Å². The van der Waals surface area contributed by atoms with Gasteiger partial charge in [-0.1, -0.05) is 226 Å². The Hall–Kier alpha value is -10.0. The molecule has 0 heterocycles. The topological polar surface area (TPSA) is 6.48 Å². The third-order valence-electron chi connectivity index (χ3n) is 18.0. The van der Waals surface area contributed by atoms with E-state index in [0.717, 1.165) is 24.2 Å². The number of benzene rings is 13. The lowest BCUT2D eigenvalue weighted by atomic mass is 9.93. The summed E-state index contributed by atoms with van der Waals surface area (Å²) >= 11 is 0. The number of hydrogen-bond donors (Lipinski definition) is 0. The first-order valence-corrected chi connectivity index (χ1v) is 28.5. The van der Waals surface area contributed by atoms with Crippen molar-refractivity contribution < 1.29 is 0 Å². The van der Waals surface area contributed by atoms with Crippen molar-refractivity contribution in [3.8, 4) is 89.0 Å². The molecule has 0 N–H and O–H groups in total. The Morgan fingerprint density at radius 1 is 0.250 bits per heavy atom. The van der Waals surface area contributed by atoms with Crippen molar-refractivity contribution in [1.29, 1.82) is 0 Å². The van der Waals surface area contributed by atoms with E-state index in [-0.39, 0.29) is 0 Å². The van der Waals surface area contributed by atoms with E-state index in [2.05, 4.69) is 265 Å². The second kappa shape index (κ2) is 17.2. The fourth-order valence-corrected chi connectivity index (χ4v) is 14.7. The van der Waals surface area contributed by atoms with Gasteiger partial charge in [0.1, 0.15) is 0 Å². The zero-order valence-electron chi connectivity index (χ0n) is 44.6. The summed E-state index contributed by atoms with van der Waals surface area (Å²) in [5.74, 6) is 0. The SMILES string of the molecule is CC.c1ccc2c(c1)C1=c3c-2cccc3=C(N(c2ccc(-c3ccc(N(c4ccc5c6c(cccc46)-c4ccccc4-5)c4ccc5c6c(cccc46)-c4ccccc4-5)cc3)cc2)c2ccc3c4c(cccc24)-c2ccccc2-3)CC1. The van der Waals surface area contributed by atoms with Crippen molar-refractivity contribution >= 4 is 72.0 Å². The monoisotopic (exact) mass is 1020 g/mol. The molecule has 0 bridgehead atoms. The normalized spacial score (nSPS) is 13.0. The van der Waals surface area contributed by atoms with Crippen LogP contribution in [0.25, 0.3) is 133 Å². The quantitative estimate of drug-likeness (QED) is 0.157. The minimum Gasteiger partial charge on any atom is -0.313 e. The Balaban J connectivity index is 0.00000253. The number of fused-ring (bicyclic) bond motifs is 12. The molecule has 0 spiro atoms. The van der Waals surface area contributed by atoms with E-state index in [4.69, 9.17) is 0 Å². The van der Waals surface area contributed by atoms with Gasteiger partial charge in [-0.25, -0.2) is 0 Å². The van der Waals surface area contributed by atoms with Crippen LogP contribution < -0.4 is 20.2 Å². The molecule has 18 rings (SSSR count). The highest BCUT2D eigenvalue weighted by molar-refractivity contribution is 6.23. The molecular weight excluding hydrogens is 965 g/mol. The predicted molar refractivity (Wildman–Crippen MR) is 339 cm³/mol. The molecule has 13 aromatic carbocycles. The van der Waals surface area contributed by atoms with Crippen LogP contribution in [0.2, 0.25) is 0 Å². The summed E-state index contributed by atoms with van der Waals surface area (Å²) in [6, 6.07) is 96.0. The average molecular weight is 1020 g/mol. The average Bonchev–Trinajstić information content (AvgIpc) is 4.39. The third kappa shape index (κ3) is 6.19. The molecule has 0 saturated heterocycles. The Kier molecular flexibility index (Phi) is 9.71. The van der Waals surface area contributed by atoms with E-state index in [0.29, 0.717) is 0 Å². The standard InChI is InChI=1S/C76H46N2.C2H6/c1-5-17-53-49(13-1)57-21-9-25-65-69(41-37-61(53)73(57)65)77(70-42-38-62-54-18-6-2-14-50(54)58-22-10-26-66(70)74(58)62)47-33-29-45(30-34-47)46-31-35-48(36-32-46)78(71-43-39-63-55-19-7-3-15-51(55)59-23-11-27-67(71)75(59)63)72-44-40-64-56-20-8-4-16-52(56)60-24-12-28-68(72)76(60)64;1-2/h1-39,41-43H,40,44H2;1-2H3. The van der Waals surface area contributed by atoms with Crippen LogP contribution in [0.1, 0.15) is 32.3 Å². The Morgan fingerprint density at radius 2 is 0.575 bits per heavy atom. The van der Waals surface area contributed by atoms with Crippen molar-refractivity contribution in [1.82, 2.24) is 0 Å². The van der Waals surface area contributed by atoms with Gasteiger partial charge < -0.3 is 9.80 Å². The van der Waals surface area contributed by atoms with Crippen molar-refractivity contribution in [2.75, 3.05) is 9.80 Å². The van der Waals surface area contributed by atoms with Gasteiger partial charge >= 0.3 is 0 Å². The second-order valence-electron chi connectivity index (χ2n) is 21.7.